The summed E-state index contributed by atoms with van der Waals surface area (Å²) in [5.41, 5.74) is -0.294. The zero-order chi connectivity index (χ0) is 30.9. The summed E-state index contributed by atoms with van der Waals surface area (Å²) in [5.74, 6) is -0.258. The number of nitrogens with one attached hydrogen (secondary N) is 2. The van der Waals surface area contributed by atoms with Crippen LogP contribution in [-0.4, -0.2) is 63.6 Å². The van der Waals surface area contributed by atoms with Crippen LogP contribution in [0.3, 0.4) is 0 Å². The number of rotatable bonds is 7. The van der Waals surface area contributed by atoms with Crippen LogP contribution in [0.2, 0.25) is 0 Å². The Hall–Kier alpha value is -5.29. The van der Waals surface area contributed by atoms with E-state index in [9.17, 15) is 14.4 Å². The highest BCUT2D eigenvalue weighted by Gasteiger charge is 2.34. The summed E-state index contributed by atoms with van der Waals surface area (Å²) in [7, 11) is 3.07. The fraction of sp³-hybridized carbons (Fsp3) is 0.345. The number of amides is 2. The number of fused-ring (bicyclic) bond motifs is 1. The van der Waals surface area contributed by atoms with Crippen LogP contribution < -0.4 is 21.1 Å². The molecule has 0 radical (unpaired) electrons. The van der Waals surface area contributed by atoms with Gasteiger partial charge in [-0.25, -0.2) is 14.8 Å². The fourth-order valence-corrected chi connectivity index (χ4v) is 4.46. The summed E-state index contributed by atoms with van der Waals surface area (Å²) in [4.78, 5) is 49.6. The molecule has 1 aliphatic carbocycles. The van der Waals surface area contributed by atoms with Crippen LogP contribution in [0, 0.1) is 11.3 Å². The minimum absolute atomic E-state index is 0.0752. The molecule has 43 heavy (non-hydrogen) atoms. The zero-order valence-corrected chi connectivity index (χ0v) is 24.2. The smallest absolute Gasteiger partial charge is 0.414 e. The second-order valence-corrected chi connectivity index (χ2v) is 10.9. The Labute approximate surface area is 246 Å². The minimum atomic E-state index is -0.775. The Morgan fingerprint density at radius 2 is 2.00 bits per heavy atom. The normalized spacial score (nSPS) is 16.2. The van der Waals surface area contributed by atoms with Crippen molar-refractivity contribution in [3.63, 3.8) is 0 Å². The maximum atomic E-state index is 13.4. The van der Waals surface area contributed by atoms with Gasteiger partial charge in [-0.2, -0.15) is 5.26 Å². The van der Waals surface area contributed by atoms with Crippen LogP contribution >= 0.6 is 0 Å². The fourth-order valence-electron chi connectivity index (χ4n) is 4.46. The Morgan fingerprint density at radius 3 is 2.63 bits per heavy atom. The predicted octanol–water partition coefficient (Wildman–Crippen LogP) is 3.66. The van der Waals surface area contributed by atoms with E-state index in [1.54, 1.807) is 52.1 Å². The number of ether oxygens (including phenoxy) is 2. The molecule has 4 aromatic heterocycles. The van der Waals surface area contributed by atoms with E-state index in [1.807, 2.05) is 6.07 Å². The number of anilines is 3. The molecule has 4 aromatic rings. The Bertz CT molecular complexity index is 1780. The molecule has 0 unspecified atom stereocenters. The van der Waals surface area contributed by atoms with Crippen molar-refractivity contribution in [3.8, 4) is 11.9 Å². The summed E-state index contributed by atoms with van der Waals surface area (Å²) in [6, 6.07) is 9.60. The van der Waals surface area contributed by atoms with E-state index in [1.165, 1.54) is 35.0 Å². The minimum Gasteiger partial charge on any atom is -0.443 e. The third kappa shape index (κ3) is 6.02. The van der Waals surface area contributed by atoms with Gasteiger partial charge in [-0.3, -0.25) is 19.1 Å². The molecule has 14 nitrogen and oxygen atoms in total. The van der Waals surface area contributed by atoms with Crippen LogP contribution in [-0.2, 0) is 9.47 Å². The van der Waals surface area contributed by atoms with Crippen molar-refractivity contribution >= 4 is 40.2 Å². The van der Waals surface area contributed by atoms with Crippen LogP contribution in [0.25, 0.3) is 16.9 Å². The molecule has 2 N–H and O–H groups in total. The summed E-state index contributed by atoms with van der Waals surface area (Å²) in [6.07, 6.45) is 3.69. The topological polar surface area (TPSA) is 177 Å². The van der Waals surface area contributed by atoms with Crippen LogP contribution in [0.1, 0.15) is 49.7 Å². The largest absolute Gasteiger partial charge is 0.443 e. The first-order chi connectivity index (χ1) is 20.5. The maximum Gasteiger partial charge on any atom is 0.414 e. The molecule has 4 heterocycles. The molecule has 222 valence electrons. The monoisotopic (exact) mass is 586 g/mol. The average molecular weight is 587 g/mol. The first-order valence-corrected chi connectivity index (χ1v) is 13.4. The van der Waals surface area contributed by atoms with Crippen molar-refractivity contribution in [3.05, 3.63) is 64.4 Å². The third-order valence-electron chi connectivity index (χ3n) is 6.81. The molecule has 1 saturated carbocycles. The molecular formula is C29H30N8O6. The van der Waals surface area contributed by atoms with Crippen molar-refractivity contribution in [2.24, 2.45) is 0 Å². The van der Waals surface area contributed by atoms with Gasteiger partial charge in [0.05, 0.1) is 23.4 Å². The van der Waals surface area contributed by atoms with Gasteiger partial charge in [0.25, 0.3) is 11.5 Å². The van der Waals surface area contributed by atoms with E-state index in [0.717, 1.165) is 12.8 Å². The number of nitrogens with zero attached hydrogens (tertiary/aromatic N) is 6. The lowest BCUT2D eigenvalue weighted by Gasteiger charge is -2.35. The van der Waals surface area contributed by atoms with E-state index in [4.69, 9.17) is 19.3 Å². The molecule has 0 aliphatic heterocycles. The number of carbonyl (C=O) groups excluding carboxylic acids is 2. The van der Waals surface area contributed by atoms with Gasteiger partial charge in [-0.15, -0.1) is 0 Å². The van der Waals surface area contributed by atoms with Gasteiger partial charge in [-0.1, -0.05) is 5.16 Å². The SMILES string of the molecule is CO[C@@H]1CC[C@H]1NC(=O)c1onc2c(N(C)C(=O)OC(C)(C)C)cc(Nc3cccn(-c4ccc(C#N)cn4)c3=O)nc12. The molecule has 2 amide bonds. The summed E-state index contributed by atoms with van der Waals surface area (Å²) in [6.45, 7) is 5.22. The van der Waals surface area contributed by atoms with Gasteiger partial charge in [0.2, 0.25) is 5.76 Å². The Morgan fingerprint density at radius 1 is 1.21 bits per heavy atom. The highest BCUT2D eigenvalue weighted by atomic mass is 16.6. The Kier molecular flexibility index (Phi) is 7.83. The first-order valence-electron chi connectivity index (χ1n) is 13.4. The number of hydrogen-bond acceptors (Lipinski definition) is 11. The number of carbonyl (C=O) groups is 2. The molecule has 14 heteroatoms. The third-order valence-corrected chi connectivity index (χ3v) is 6.81. The average Bonchev–Trinajstić information content (AvgIpc) is 3.39. The number of aromatic nitrogens is 4. The van der Waals surface area contributed by atoms with Gasteiger partial charge in [0.1, 0.15) is 34.5 Å². The number of methoxy groups -OCH3 is 1. The number of nitriles is 1. The standard InChI is InChI=1S/C29H30N8O6/c1-29(2,3)42-28(40)36(4)19-13-21(32-18-7-6-12-37(27(18)39)22-11-8-16(14-30)15-31-22)34-24-23(19)35-43-25(24)26(38)33-17-9-10-20(17)41-5/h6-8,11-13,15,17,20H,9-10H2,1-5H3,(H,32,34)(H,33,38)/t17-,20-/m1/s1. The molecule has 2 atom stereocenters. The van der Waals surface area contributed by atoms with E-state index < -0.39 is 23.2 Å². The highest BCUT2D eigenvalue weighted by molar-refractivity contribution is 6.07. The van der Waals surface area contributed by atoms with Crippen LogP contribution in [0.15, 0.2) is 52.0 Å². The van der Waals surface area contributed by atoms with Gasteiger partial charge in [0, 0.05) is 32.6 Å². The molecule has 1 fully saturated rings. The molecular weight excluding hydrogens is 556 g/mol. The van der Waals surface area contributed by atoms with Crippen molar-refractivity contribution in [2.75, 3.05) is 24.4 Å². The van der Waals surface area contributed by atoms with E-state index in [2.05, 4.69) is 25.8 Å². The van der Waals surface area contributed by atoms with Crippen molar-refractivity contribution < 1.29 is 23.6 Å². The van der Waals surface area contributed by atoms with Crippen molar-refractivity contribution in [1.82, 2.24) is 25.0 Å². The lowest BCUT2D eigenvalue weighted by molar-refractivity contribution is 0.00677. The lowest BCUT2D eigenvalue weighted by Crippen LogP contribution is -2.51. The summed E-state index contributed by atoms with van der Waals surface area (Å²) >= 11 is 0. The first kappa shape index (κ1) is 29.2. The van der Waals surface area contributed by atoms with Crippen LogP contribution in [0.4, 0.5) is 22.0 Å². The molecule has 1 aliphatic rings. The second kappa shape index (κ2) is 11.5. The maximum absolute atomic E-state index is 13.4. The molecule has 0 spiro atoms. The second-order valence-electron chi connectivity index (χ2n) is 10.9. The molecule has 0 bridgehead atoms. The number of pyridine rings is 3. The highest BCUT2D eigenvalue weighted by Crippen LogP contribution is 2.32. The van der Waals surface area contributed by atoms with Gasteiger partial charge < -0.3 is 24.6 Å². The predicted molar refractivity (Wildman–Crippen MR) is 156 cm³/mol. The quantitative estimate of drug-likeness (QED) is 0.323. The summed E-state index contributed by atoms with van der Waals surface area (Å²) in [5, 5.41) is 19.0. The Balaban J connectivity index is 1.55. The van der Waals surface area contributed by atoms with Crippen molar-refractivity contribution in [2.45, 2.75) is 51.4 Å². The summed E-state index contributed by atoms with van der Waals surface area (Å²) < 4.78 is 17.7. The van der Waals surface area contributed by atoms with Crippen molar-refractivity contribution in [1.29, 1.82) is 5.26 Å². The van der Waals surface area contributed by atoms with E-state index in [-0.39, 0.29) is 46.1 Å². The van der Waals surface area contributed by atoms with E-state index in [0.29, 0.717) is 11.4 Å². The lowest BCUT2D eigenvalue weighted by atomic mass is 9.89. The molecule has 0 aromatic carbocycles. The van der Waals surface area contributed by atoms with Gasteiger partial charge in [-0.05, 0) is 57.9 Å². The zero-order valence-electron chi connectivity index (χ0n) is 24.2. The number of hydrogen-bond donors (Lipinski definition) is 2. The van der Waals surface area contributed by atoms with Gasteiger partial charge >= 0.3 is 6.09 Å². The van der Waals surface area contributed by atoms with Gasteiger partial charge in [0.15, 0.2) is 5.52 Å². The van der Waals surface area contributed by atoms with Crippen LogP contribution in [0.5, 0.6) is 0 Å². The molecule has 0 saturated heterocycles. The molecule has 5 rings (SSSR count). The van der Waals surface area contributed by atoms with E-state index >= 15 is 0 Å².